The number of fused-ring (bicyclic) bond motifs is 2. The minimum Gasteiger partial charge on any atom is -0.609 e. The van der Waals surface area contributed by atoms with Gasteiger partial charge in [-0.15, -0.1) is 0 Å². The van der Waals surface area contributed by atoms with Crippen LogP contribution in [0.15, 0.2) is 82.4 Å². The van der Waals surface area contributed by atoms with E-state index in [4.69, 9.17) is 4.42 Å². The fourth-order valence-electron chi connectivity index (χ4n) is 4.97. The Morgan fingerprint density at radius 2 is 1.75 bits per heavy atom. The maximum Gasteiger partial charge on any atom is 0.343 e. The summed E-state index contributed by atoms with van der Waals surface area (Å²) in [4.78, 5) is 25.6. The summed E-state index contributed by atoms with van der Waals surface area (Å²) < 4.78 is 59.3. The molecule has 13 heteroatoms. The minimum atomic E-state index is -3.78. The third-order valence-electron chi connectivity index (χ3n) is 7.25. The molecule has 44 heavy (non-hydrogen) atoms. The topological polar surface area (TPSA) is 144 Å². The molecule has 3 aromatic carbocycles. The summed E-state index contributed by atoms with van der Waals surface area (Å²) in [5.41, 5.74) is 3.62. The summed E-state index contributed by atoms with van der Waals surface area (Å²) in [6.07, 6.45) is 2.51. The molecular weight excluding hydrogens is 606 g/mol. The smallest absolute Gasteiger partial charge is 0.343 e. The third-order valence-corrected chi connectivity index (χ3v) is 9.14. The number of sulfonamides is 1. The second kappa shape index (κ2) is 11.1. The number of carbonyl (C=O) groups excluding carboxylic acids is 1. The van der Waals surface area contributed by atoms with Crippen molar-refractivity contribution in [2.75, 3.05) is 30.9 Å². The molecule has 1 atom stereocenters. The van der Waals surface area contributed by atoms with Crippen molar-refractivity contribution < 1.29 is 26.6 Å². The normalized spacial score (nSPS) is 12.5. The number of H-pyrrole nitrogens is 1. The van der Waals surface area contributed by atoms with Crippen molar-refractivity contribution in [2.45, 2.75) is 5.16 Å². The number of nitrogens with one attached hydrogen (secondary N) is 2. The highest BCUT2D eigenvalue weighted by Gasteiger charge is 2.27. The van der Waals surface area contributed by atoms with Crippen LogP contribution in [0.1, 0.15) is 10.4 Å². The van der Waals surface area contributed by atoms with Gasteiger partial charge in [0.25, 0.3) is 5.91 Å². The van der Waals surface area contributed by atoms with Gasteiger partial charge in [0.15, 0.2) is 0 Å². The minimum absolute atomic E-state index is 0.0370. The predicted molar refractivity (Wildman–Crippen MR) is 169 cm³/mol. The summed E-state index contributed by atoms with van der Waals surface area (Å²) in [6.45, 7) is 0. The summed E-state index contributed by atoms with van der Waals surface area (Å²) in [6, 6.07) is 19.9. The Balaban J connectivity index is 1.66. The van der Waals surface area contributed by atoms with Crippen molar-refractivity contribution in [3.8, 4) is 34.0 Å². The van der Waals surface area contributed by atoms with Crippen LogP contribution in [0.2, 0.25) is 0 Å². The molecule has 1 unspecified atom stereocenters. The lowest BCUT2D eigenvalue weighted by atomic mass is 10.0. The zero-order chi connectivity index (χ0) is 31.3. The molecule has 0 aliphatic rings. The first-order chi connectivity index (χ1) is 20.9. The first kappa shape index (κ1) is 29.4. The highest BCUT2D eigenvalue weighted by molar-refractivity contribution is 7.92. The molecule has 0 radical (unpaired) electrons. The lowest BCUT2D eigenvalue weighted by Crippen LogP contribution is -2.25. The van der Waals surface area contributed by atoms with E-state index in [1.165, 1.54) is 50.7 Å². The molecule has 6 aromatic rings. The number of rotatable bonds is 7. The van der Waals surface area contributed by atoms with Gasteiger partial charge in [0, 0.05) is 58.8 Å². The molecule has 0 spiro atoms. The first-order valence-electron chi connectivity index (χ1n) is 13.3. The molecule has 10 nitrogen and oxygen atoms in total. The van der Waals surface area contributed by atoms with Crippen molar-refractivity contribution in [3.63, 3.8) is 0 Å². The third kappa shape index (κ3) is 5.29. The van der Waals surface area contributed by atoms with Gasteiger partial charge < -0.3 is 19.3 Å². The second-order valence-electron chi connectivity index (χ2n) is 10.1. The van der Waals surface area contributed by atoms with Crippen LogP contribution in [0.3, 0.4) is 0 Å². The molecule has 224 valence electrons. The van der Waals surface area contributed by atoms with Gasteiger partial charge in [0.2, 0.25) is 10.0 Å². The van der Waals surface area contributed by atoms with Crippen molar-refractivity contribution in [1.82, 2.24) is 20.3 Å². The fourth-order valence-corrected chi connectivity index (χ4v) is 5.93. The second-order valence-corrected chi connectivity index (χ2v) is 13.4. The Morgan fingerprint density at radius 1 is 1.05 bits per heavy atom. The van der Waals surface area contributed by atoms with Crippen molar-refractivity contribution in [2.24, 2.45) is 0 Å². The maximum atomic E-state index is 13.7. The molecule has 0 bridgehead atoms. The number of nitrogens with zero attached hydrogens (tertiary/aromatic N) is 3. The number of aromatic amines is 1. The van der Waals surface area contributed by atoms with Gasteiger partial charge in [-0.25, -0.2) is 12.8 Å². The summed E-state index contributed by atoms with van der Waals surface area (Å²) in [7, 11) is -0.916. The lowest BCUT2D eigenvalue weighted by molar-refractivity contribution is 0.0964. The Hall–Kier alpha value is -4.72. The van der Waals surface area contributed by atoms with Gasteiger partial charge in [-0.2, -0.15) is 9.97 Å². The van der Waals surface area contributed by atoms with Gasteiger partial charge in [-0.1, -0.05) is 18.2 Å². The average molecular weight is 632 g/mol. The van der Waals surface area contributed by atoms with Crippen LogP contribution in [0.25, 0.3) is 55.8 Å². The zero-order valence-corrected chi connectivity index (χ0v) is 25.6. The average Bonchev–Trinajstić information content (AvgIpc) is 3.61. The number of amides is 1. The van der Waals surface area contributed by atoms with Gasteiger partial charge in [-0.3, -0.25) is 9.10 Å². The molecule has 3 aromatic heterocycles. The summed E-state index contributed by atoms with van der Waals surface area (Å²) in [5.74, 6) is -0.736. The fraction of sp³-hybridized carbons (Fsp3) is 0.129. The number of hydrogen-bond acceptors (Lipinski definition) is 7. The molecule has 3 heterocycles. The monoisotopic (exact) mass is 631 g/mol. The molecule has 0 fully saturated rings. The number of anilines is 1. The molecule has 0 saturated heterocycles. The van der Waals surface area contributed by atoms with Crippen LogP contribution >= 0.6 is 0 Å². The number of halogens is 1. The lowest BCUT2D eigenvalue weighted by Gasteiger charge is -2.20. The van der Waals surface area contributed by atoms with E-state index in [-0.39, 0.29) is 33.4 Å². The predicted octanol–water partition coefficient (Wildman–Crippen LogP) is 5.34. The van der Waals surface area contributed by atoms with E-state index in [0.29, 0.717) is 27.9 Å². The van der Waals surface area contributed by atoms with Crippen LogP contribution in [0.5, 0.6) is 0 Å². The van der Waals surface area contributed by atoms with E-state index in [1.807, 2.05) is 30.3 Å². The summed E-state index contributed by atoms with van der Waals surface area (Å²) in [5, 5.41) is 3.97. The van der Waals surface area contributed by atoms with Crippen LogP contribution in [0.4, 0.5) is 10.1 Å². The number of benzene rings is 3. The number of para-hydroxylation sites is 1. The molecule has 0 aliphatic carbocycles. The van der Waals surface area contributed by atoms with Gasteiger partial charge in [-0.05, 0) is 48.5 Å². The van der Waals surface area contributed by atoms with Crippen LogP contribution in [-0.4, -0.2) is 60.4 Å². The standard InChI is InChI=1S/C31H26FN5O5S2/c1-33-30(38)28-21-14-20(23-15-25(36-31(35-23)43(3)39)24-13-18-7-5-6-8-22(18)34-24)26(37(2)44(4,40)41)16-27(21)42-29(28)17-9-11-19(32)12-10-17/h5-16,34H,1-4H3,(H,33,38). The first-order valence-corrected chi connectivity index (χ1v) is 16.7. The molecule has 1 amide bonds. The van der Waals surface area contributed by atoms with Crippen LogP contribution < -0.4 is 9.62 Å². The number of aromatic nitrogens is 3. The van der Waals surface area contributed by atoms with E-state index in [0.717, 1.165) is 21.5 Å². The van der Waals surface area contributed by atoms with E-state index in [9.17, 15) is 22.2 Å². The highest BCUT2D eigenvalue weighted by atomic mass is 32.2. The quantitative estimate of drug-likeness (QED) is 0.179. The highest BCUT2D eigenvalue weighted by Crippen LogP contribution is 2.41. The molecular formula is C31H26FN5O5S2. The molecule has 0 saturated carbocycles. The largest absolute Gasteiger partial charge is 0.609 e. The maximum absolute atomic E-state index is 13.7. The van der Waals surface area contributed by atoms with E-state index in [2.05, 4.69) is 20.3 Å². The number of carbonyl (C=O) groups is 1. The number of furan rings is 1. The molecule has 0 aliphatic heterocycles. The van der Waals surface area contributed by atoms with Crippen LogP contribution in [-0.2, 0) is 21.2 Å². The van der Waals surface area contributed by atoms with Crippen molar-refractivity contribution >= 4 is 54.7 Å². The van der Waals surface area contributed by atoms with Gasteiger partial charge >= 0.3 is 5.16 Å². The van der Waals surface area contributed by atoms with Gasteiger partial charge in [0.1, 0.15) is 23.4 Å². The SMILES string of the molecule is CNC(=O)c1c(-c2ccc(F)cc2)oc2cc(N(C)S(C)(=O)=O)c(-c3cc(-c4cc5ccccc5[nH]4)nc([S+](C)[O-])n3)cc12. The molecule has 2 N–H and O–H groups in total. The van der Waals surface area contributed by atoms with E-state index < -0.39 is 32.9 Å². The van der Waals surface area contributed by atoms with Crippen molar-refractivity contribution in [3.05, 3.63) is 84.2 Å². The van der Waals surface area contributed by atoms with Crippen molar-refractivity contribution in [1.29, 1.82) is 0 Å². The van der Waals surface area contributed by atoms with Gasteiger partial charge in [0.05, 0.1) is 34.6 Å². The Bertz CT molecular complexity index is 2140. The van der Waals surface area contributed by atoms with E-state index in [1.54, 1.807) is 12.1 Å². The zero-order valence-electron chi connectivity index (χ0n) is 24.0. The van der Waals surface area contributed by atoms with Crippen LogP contribution in [0, 0.1) is 5.82 Å². The van der Waals surface area contributed by atoms with E-state index >= 15 is 0 Å². The Morgan fingerprint density at radius 3 is 2.41 bits per heavy atom. The Kier molecular flexibility index (Phi) is 7.40. The molecule has 6 rings (SSSR count). The summed E-state index contributed by atoms with van der Waals surface area (Å²) >= 11 is -1.59. The number of hydrogen-bond donors (Lipinski definition) is 2. The Labute approximate surface area is 255 Å².